The van der Waals surface area contributed by atoms with E-state index in [0.717, 1.165) is 20.6 Å². The van der Waals surface area contributed by atoms with E-state index >= 15 is 0 Å². The van der Waals surface area contributed by atoms with E-state index in [2.05, 4.69) is 20.9 Å². The minimum atomic E-state index is -0.616. The highest BCUT2D eigenvalue weighted by Crippen LogP contribution is 2.35. The monoisotopic (exact) mass is 498 g/mol. The smallest absolute Gasteiger partial charge is 0.311 e. The SMILES string of the molecule is Cc1sc(N2C[C@@H](C(=O)OCC(=O)c3ccc(Br)cc3)CC2=O)nc1-c1ccccc1. The molecule has 0 aliphatic carbocycles. The van der Waals surface area contributed by atoms with Gasteiger partial charge >= 0.3 is 5.97 Å². The number of rotatable bonds is 6. The summed E-state index contributed by atoms with van der Waals surface area (Å²) in [6.07, 6.45) is 0.0462. The maximum absolute atomic E-state index is 12.6. The Labute approximate surface area is 192 Å². The molecule has 8 heteroatoms. The van der Waals surface area contributed by atoms with E-state index in [4.69, 9.17) is 4.74 Å². The molecule has 1 fully saturated rings. The lowest BCUT2D eigenvalue weighted by Gasteiger charge is -2.12. The number of carbonyl (C=O) groups is 3. The van der Waals surface area contributed by atoms with Gasteiger partial charge in [-0.05, 0) is 19.1 Å². The maximum atomic E-state index is 12.6. The predicted molar refractivity (Wildman–Crippen MR) is 122 cm³/mol. The molecule has 0 bridgehead atoms. The highest BCUT2D eigenvalue weighted by molar-refractivity contribution is 9.10. The number of halogens is 1. The Hall–Kier alpha value is -2.84. The first-order valence-corrected chi connectivity index (χ1v) is 11.3. The third kappa shape index (κ3) is 4.75. The van der Waals surface area contributed by atoms with Crippen molar-refractivity contribution in [3.63, 3.8) is 0 Å². The van der Waals surface area contributed by atoms with E-state index in [0.29, 0.717) is 10.7 Å². The van der Waals surface area contributed by atoms with Gasteiger partial charge < -0.3 is 4.74 Å². The van der Waals surface area contributed by atoms with Gasteiger partial charge in [-0.25, -0.2) is 4.98 Å². The molecule has 2 heterocycles. The number of aromatic nitrogens is 1. The molecule has 1 saturated heterocycles. The van der Waals surface area contributed by atoms with Gasteiger partial charge in [0, 0.05) is 33.4 Å². The summed E-state index contributed by atoms with van der Waals surface area (Å²) >= 11 is 4.74. The quantitative estimate of drug-likeness (QED) is 0.364. The van der Waals surface area contributed by atoms with Crippen LogP contribution in [0.5, 0.6) is 0 Å². The number of Topliss-reactive ketones (excluding diaryl/α,β-unsaturated/α-hetero) is 1. The number of thiazole rings is 1. The number of anilines is 1. The lowest BCUT2D eigenvalue weighted by atomic mass is 10.1. The van der Waals surface area contributed by atoms with Crippen molar-refractivity contribution < 1.29 is 19.1 Å². The van der Waals surface area contributed by atoms with Crippen LogP contribution in [0.25, 0.3) is 11.3 Å². The molecule has 3 aromatic rings. The summed E-state index contributed by atoms with van der Waals surface area (Å²) in [5, 5.41) is 0.572. The minimum absolute atomic E-state index is 0.0462. The Morgan fingerprint density at radius 2 is 1.87 bits per heavy atom. The molecule has 0 unspecified atom stereocenters. The van der Waals surface area contributed by atoms with Crippen molar-refractivity contribution in [1.29, 1.82) is 0 Å². The molecule has 0 spiro atoms. The topological polar surface area (TPSA) is 76.6 Å². The Kier molecular flexibility index (Phi) is 6.29. The summed E-state index contributed by atoms with van der Waals surface area (Å²) in [6.45, 7) is 1.81. The van der Waals surface area contributed by atoms with E-state index in [-0.39, 0.29) is 31.3 Å². The number of amides is 1. The summed E-state index contributed by atoms with van der Waals surface area (Å²) in [5.74, 6) is -1.62. The number of hydrogen-bond donors (Lipinski definition) is 0. The van der Waals surface area contributed by atoms with Gasteiger partial charge in [0.1, 0.15) is 0 Å². The van der Waals surface area contributed by atoms with Gasteiger partial charge in [0.25, 0.3) is 0 Å². The van der Waals surface area contributed by atoms with Crippen LogP contribution in [0, 0.1) is 12.8 Å². The van der Waals surface area contributed by atoms with Gasteiger partial charge in [-0.1, -0.05) is 58.4 Å². The van der Waals surface area contributed by atoms with Crippen molar-refractivity contribution in [2.24, 2.45) is 5.92 Å². The lowest BCUT2D eigenvalue weighted by molar-refractivity contribution is -0.147. The Balaban J connectivity index is 1.39. The van der Waals surface area contributed by atoms with Crippen LogP contribution in [-0.2, 0) is 14.3 Å². The standard InChI is InChI=1S/C23H19BrN2O4S/c1-14-21(16-5-3-2-4-6-16)25-23(31-14)26-12-17(11-20(26)28)22(29)30-13-19(27)15-7-9-18(24)10-8-15/h2-10,17H,11-13H2,1H3/t17-/m0/s1. The molecule has 1 atom stereocenters. The predicted octanol–water partition coefficient (Wildman–Crippen LogP) is 4.66. The number of hydrogen-bond acceptors (Lipinski definition) is 6. The minimum Gasteiger partial charge on any atom is -0.457 e. The Morgan fingerprint density at radius 3 is 2.58 bits per heavy atom. The van der Waals surface area contributed by atoms with Crippen LogP contribution >= 0.6 is 27.3 Å². The number of benzene rings is 2. The van der Waals surface area contributed by atoms with Crippen LogP contribution in [0.4, 0.5) is 5.13 Å². The van der Waals surface area contributed by atoms with Crippen molar-refractivity contribution >= 4 is 50.1 Å². The third-order valence-electron chi connectivity index (χ3n) is 5.03. The zero-order valence-electron chi connectivity index (χ0n) is 16.7. The van der Waals surface area contributed by atoms with Gasteiger partial charge in [0.2, 0.25) is 5.91 Å². The van der Waals surface area contributed by atoms with E-state index in [1.54, 1.807) is 24.3 Å². The van der Waals surface area contributed by atoms with E-state index in [9.17, 15) is 14.4 Å². The number of esters is 1. The summed E-state index contributed by atoms with van der Waals surface area (Å²) < 4.78 is 6.07. The average Bonchev–Trinajstić information content (AvgIpc) is 3.35. The van der Waals surface area contributed by atoms with E-state index in [1.165, 1.54) is 16.2 Å². The fourth-order valence-corrected chi connectivity index (χ4v) is 4.61. The van der Waals surface area contributed by atoms with Crippen molar-refractivity contribution in [1.82, 2.24) is 4.98 Å². The fraction of sp³-hybridized carbons (Fsp3) is 0.217. The molecule has 0 radical (unpaired) electrons. The van der Waals surface area contributed by atoms with Crippen molar-refractivity contribution in [2.45, 2.75) is 13.3 Å². The number of ketones is 1. The fourth-order valence-electron chi connectivity index (χ4n) is 3.39. The van der Waals surface area contributed by atoms with Crippen LogP contribution in [0.3, 0.4) is 0 Å². The molecule has 6 nitrogen and oxygen atoms in total. The second-order valence-electron chi connectivity index (χ2n) is 7.21. The van der Waals surface area contributed by atoms with Gasteiger partial charge in [0.05, 0.1) is 11.6 Å². The lowest BCUT2D eigenvalue weighted by Crippen LogP contribution is -2.27. The summed E-state index contributed by atoms with van der Waals surface area (Å²) in [5.41, 5.74) is 2.28. The van der Waals surface area contributed by atoms with Gasteiger partial charge in [0.15, 0.2) is 17.5 Å². The normalized spacial score (nSPS) is 15.9. The van der Waals surface area contributed by atoms with Gasteiger partial charge in [-0.3, -0.25) is 19.3 Å². The summed E-state index contributed by atoms with van der Waals surface area (Å²) in [6, 6.07) is 16.6. The third-order valence-corrected chi connectivity index (χ3v) is 6.56. The highest BCUT2D eigenvalue weighted by Gasteiger charge is 2.38. The van der Waals surface area contributed by atoms with Crippen LogP contribution < -0.4 is 4.90 Å². The van der Waals surface area contributed by atoms with Crippen LogP contribution in [-0.4, -0.2) is 35.8 Å². The molecule has 2 aromatic carbocycles. The van der Waals surface area contributed by atoms with Gasteiger partial charge in [-0.2, -0.15) is 0 Å². The molecule has 1 aromatic heterocycles. The zero-order chi connectivity index (χ0) is 22.0. The highest BCUT2D eigenvalue weighted by atomic mass is 79.9. The second kappa shape index (κ2) is 9.11. The summed E-state index contributed by atoms with van der Waals surface area (Å²) in [4.78, 5) is 44.4. The molecule has 1 aliphatic heterocycles. The van der Waals surface area contributed by atoms with Crippen molar-refractivity contribution in [3.05, 3.63) is 69.5 Å². The molecular formula is C23H19BrN2O4S. The van der Waals surface area contributed by atoms with Crippen LogP contribution in [0.15, 0.2) is 59.1 Å². The van der Waals surface area contributed by atoms with Crippen LogP contribution in [0.1, 0.15) is 21.7 Å². The zero-order valence-corrected chi connectivity index (χ0v) is 19.1. The molecule has 1 amide bonds. The number of carbonyl (C=O) groups excluding carboxylic acids is 3. The van der Waals surface area contributed by atoms with E-state index < -0.39 is 11.9 Å². The second-order valence-corrected chi connectivity index (χ2v) is 9.31. The first-order valence-electron chi connectivity index (χ1n) is 9.71. The maximum Gasteiger partial charge on any atom is 0.311 e. The number of ether oxygens (including phenoxy) is 1. The number of nitrogens with zero attached hydrogens (tertiary/aromatic N) is 2. The summed E-state index contributed by atoms with van der Waals surface area (Å²) in [7, 11) is 0. The Morgan fingerprint density at radius 1 is 1.16 bits per heavy atom. The van der Waals surface area contributed by atoms with Crippen LogP contribution in [0.2, 0.25) is 0 Å². The van der Waals surface area contributed by atoms with E-state index in [1.807, 2.05) is 37.3 Å². The molecule has 0 N–H and O–H groups in total. The largest absolute Gasteiger partial charge is 0.457 e. The number of aryl methyl sites for hydroxylation is 1. The molecular weight excluding hydrogens is 480 g/mol. The molecule has 31 heavy (non-hydrogen) atoms. The first kappa shape index (κ1) is 21.4. The van der Waals surface area contributed by atoms with Gasteiger partial charge in [-0.15, -0.1) is 11.3 Å². The molecule has 0 saturated carbocycles. The van der Waals surface area contributed by atoms with Crippen molar-refractivity contribution in [2.75, 3.05) is 18.1 Å². The average molecular weight is 499 g/mol. The van der Waals surface area contributed by atoms with Crippen molar-refractivity contribution in [3.8, 4) is 11.3 Å². The molecule has 158 valence electrons. The first-order chi connectivity index (χ1) is 14.9. The Bertz CT molecular complexity index is 1130. The molecule has 1 aliphatic rings. The molecule has 4 rings (SSSR count).